The smallest absolute Gasteiger partial charge is 0.0446 e. The van der Waals surface area contributed by atoms with Crippen molar-refractivity contribution in [2.75, 3.05) is 6.61 Å². The third-order valence-corrected chi connectivity index (χ3v) is 3.82. The zero-order valence-corrected chi connectivity index (χ0v) is 13.2. The lowest BCUT2D eigenvalue weighted by Gasteiger charge is -2.34. The van der Waals surface area contributed by atoms with Crippen LogP contribution in [0.3, 0.4) is 0 Å². The minimum absolute atomic E-state index is 0.148. The number of nitrogens with one attached hydrogen (secondary N) is 1. The zero-order chi connectivity index (χ0) is 14.6. The average Bonchev–Trinajstić information content (AvgIpc) is 2.30. The van der Waals surface area contributed by atoms with Crippen molar-refractivity contribution in [1.82, 2.24) is 5.32 Å². The quantitative estimate of drug-likeness (QED) is 0.848. The predicted octanol–water partition coefficient (Wildman–Crippen LogP) is 3.75. The van der Waals surface area contributed by atoms with Crippen molar-refractivity contribution in [3.05, 3.63) is 34.9 Å². The second-order valence-corrected chi connectivity index (χ2v) is 6.68. The molecule has 0 bridgehead atoms. The summed E-state index contributed by atoms with van der Waals surface area (Å²) in [5, 5.41) is 12.9. The van der Waals surface area contributed by atoms with Crippen molar-refractivity contribution in [2.45, 2.75) is 60.0 Å². The Balaban J connectivity index is 2.87. The molecule has 1 aromatic rings. The molecule has 19 heavy (non-hydrogen) atoms. The molecule has 2 N–H and O–H groups in total. The Labute approximate surface area is 118 Å². The minimum atomic E-state index is 0.148. The maximum atomic E-state index is 9.24. The summed E-state index contributed by atoms with van der Waals surface area (Å²) in [6.07, 6.45) is 0.790. The summed E-state index contributed by atoms with van der Waals surface area (Å²) >= 11 is 0. The zero-order valence-electron chi connectivity index (χ0n) is 13.2. The summed E-state index contributed by atoms with van der Waals surface area (Å²) in [4.78, 5) is 0. The van der Waals surface area contributed by atoms with E-state index in [9.17, 15) is 5.11 Å². The van der Waals surface area contributed by atoms with Gasteiger partial charge in [0.2, 0.25) is 0 Å². The molecule has 0 aromatic heterocycles. The third-order valence-electron chi connectivity index (χ3n) is 3.82. The number of hydrogen-bond acceptors (Lipinski definition) is 2. The van der Waals surface area contributed by atoms with Gasteiger partial charge in [0, 0.05) is 18.7 Å². The fourth-order valence-electron chi connectivity index (χ4n) is 2.51. The molecule has 0 amide bonds. The molecule has 0 heterocycles. The van der Waals surface area contributed by atoms with E-state index in [1.807, 2.05) is 0 Å². The molecule has 0 spiro atoms. The lowest BCUT2D eigenvalue weighted by Crippen LogP contribution is -2.42. The molecule has 1 aromatic carbocycles. The highest BCUT2D eigenvalue weighted by atomic mass is 16.3. The van der Waals surface area contributed by atoms with Crippen molar-refractivity contribution in [3.8, 4) is 0 Å². The second-order valence-electron chi connectivity index (χ2n) is 6.68. The van der Waals surface area contributed by atoms with Crippen LogP contribution in [0.15, 0.2) is 18.2 Å². The fraction of sp³-hybridized carbons (Fsp3) is 0.647. The van der Waals surface area contributed by atoms with Gasteiger partial charge in [-0.25, -0.2) is 0 Å². The van der Waals surface area contributed by atoms with Crippen LogP contribution in [0.5, 0.6) is 0 Å². The summed E-state index contributed by atoms with van der Waals surface area (Å²) in [6, 6.07) is 7.20. The van der Waals surface area contributed by atoms with Crippen LogP contribution in [0.1, 0.15) is 56.8 Å². The Hall–Kier alpha value is -0.860. The highest BCUT2D eigenvalue weighted by Crippen LogP contribution is 2.26. The number of aliphatic hydroxyl groups is 1. The third kappa shape index (κ3) is 4.63. The molecule has 0 aliphatic carbocycles. The molecule has 0 aliphatic heterocycles. The first-order valence-electron chi connectivity index (χ1n) is 7.19. The normalized spacial score (nSPS) is 15.3. The van der Waals surface area contributed by atoms with Crippen LogP contribution in [0.4, 0.5) is 0 Å². The van der Waals surface area contributed by atoms with Gasteiger partial charge in [-0.2, -0.15) is 0 Å². The standard InChI is InChI=1S/C17H29NO/c1-12-7-8-13(2)15(11-12)14(3)18-16(9-10-19)17(4,5)6/h7-8,11,14,16,18-19H,9-10H2,1-6H3. The van der Waals surface area contributed by atoms with Crippen molar-refractivity contribution >= 4 is 0 Å². The van der Waals surface area contributed by atoms with Crippen LogP contribution >= 0.6 is 0 Å². The van der Waals surface area contributed by atoms with Crippen LogP contribution in [-0.4, -0.2) is 17.8 Å². The molecule has 0 aliphatic rings. The summed E-state index contributed by atoms with van der Waals surface area (Å²) < 4.78 is 0. The number of aliphatic hydroxyl groups excluding tert-OH is 1. The van der Waals surface area contributed by atoms with E-state index in [4.69, 9.17) is 0 Å². The van der Waals surface area contributed by atoms with E-state index in [0.717, 1.165) is 6.42 Å². The fourth-order valence-corrected chi connectivity index (χ4v) is 2.51. The summed E-state index contributed by atoms with van der Waals surface area (Å²) in [5.41, 5.74) is 4.12. The molecule has 0 saturated heterocycles. The van der Waals surface area contributed by atoms with E-state index in [-0.39, 0.29) is 12.0 Å². The maximum absolute atomic E-state index is 9.24. The topological polar surface area (TPSA) is 32.3 Å². The SMILES string of the molecule is Cc1ccc(C)c(C(C)NC(CCO)C(C)(C)C)c1. The Morgan fingerprint density at radius 1 is 1.21 bits per heavy atom. The van der Waals surface area contributed by atoms with Gasteiger partial charge < -0.3 is 10.4 Å². The monoisotopic (exact) mass is 263 g/mol. The molecule has 2 atom stereocenters. The van der Waals surface area contributed by atoms with Crippen LogP contribution in [0.2, 0.25) is 0 Å². The minimum Gasteiger partial charge on any atom is -0.396 e. The lowest BCUT2D eigenvalue weighted by molar-refractivity contribution is 0.188. The Morgan fingerprint density at radius 2 is 1.84 bits per heavy atom. The van der Waals surface area contributed by atoms with E-state index in [1.165, 1.54) is 16.7 Å². The van der Waals surface area contributed by atoms with Crippen molar-refractivity contribution < 1.29 is 5.11 Å². The summed E-state index contributed by atoms with van der Waals surface area (Å²) in [7, 11) is 0. The van der Waals surface area contributed by atoms with Crippen LogP contribution in [-0.2, 0) is 0 Å². The van der Waals surface area contributed by atoms with Crippen molar-refractivity contribution in [1.29, 1.82) is 0 Å². The Kier molecular flexibility index (Phi) is 5.57. The van der Waals surface area contributed by atoms with Gasteiger partial charge in [-0.05, 0) is 43.7 Å². The lowest BCUT2D eigenvalue weighted by atomic mass is 9.84. The average molecular weight is 263 g/mol. The molecule has 0 fully saturated rings. The van der Waals surface area contributed by atoms with E-state index < -0.39 is 0 Å². The molecular formula is C17H29NO. The van der Waals surface area contributed by atoms with Gasteiger partial charge in [0.05, 0.1) is 0 Å². The van der Waals surface area contributed by atoms with E-state index in [0.29, 0.717) is 12.1 Å². The van der Waals surface area contributed by atoms with Crippen molar-refractivity contribution in [3.63, 3.8) is 0 Å². The van der Waals surface area contributed by atoms with E-state index in [1.54, 1.807) is 0 Å². The number of hydrogen-bond donors (Lipinski definition) is 2. The first kappa shape index (κ1) is 16.2. The van der Waals surface area contributed by atoms with Gasteiger partial charge in [-0.1, -0.05) is 44.5 Å². The van der Waals surface area contributed by atoms with Crippen LogP contribution < -0.4 is 5.32 Å². The van der Waals surface area contributed by atoms with Gasteiger partial charge in [-0.3, -0.25) is 0 Å². The van der Waals surface area contributed by atoms with Crippen LogP contribution in [0.25, 0.3) is 0 Å². The highest BCUT2D eigenvalue weighted by molar-refractivity contribution is 5.32. The van der Waals surface area contributed by atoms with Gasteiger partial charge in [-0.15, -0.1) is 0 Å². The van der Waals surface area contributed by atoms with E-state index >= 15 is 0 Å². The second kappa shape index (κ2) is 6.53. The van der Waals surface area contributed by atoms with Gasteiger partial charge in [0.1, 0.15) is 0 Å². The molecule has 0 radical (unpaired) electrons. The van der Waals surface area contributed by atoms with E-state index in [2.05, 4.69) is 65.1 Å². The highest BCUT2D eigenvalue weighted by Gasteiger charge is 2.25. The van der Waals surface area contributed by atoms with Crippen molar-refractivity contribution in [2.24, 2.45) is 5.41 Å². The number of rotatable bonds is 5. The van der Waals surface area contributed by atoms with Gasteiger partial charge in [0.25, 0.3) is 0 Å². The first-order chi connectivity index (χ1) is 8.75. The molecule has 0 saturated carbocycles. The maximum Gasteiger partial charge on any atom is 0.0446 e. The molecule has 2 nitrogen and oxygen atoms in total. The molecule has 2 heteroatoms. The number of aryl methyl sites for hydroxylation is 2. The summed E-state index contributed by atoms with van der Waals surface area (Å²) in [6.45, 7) is 13.4. The molecule has 1 rings (SSSR count). The Bertz CT molecular complexity index is 406. The van der Waals surface area contributed by atoms with Crippen LogP contribution in [0, 0.1) is 19.3 Å². The predicted molar refractivity (Wildman–Crippen MR) is 82.4 cm³/mol. The molecule has 108 valence electrons. The largest absolute Gasteiger partial charge is 0.396 e. The molecular weight excluding hydrogens is 234 g/mol. The number of benzene rings is 1. The first-order valence-corrected chi connectivity index (χ1v) is 7.19. The Morgan fingerprint density at radius 3 is 2.37 bits per heavy atom. The summed E-state index contributed by atoms with van der Waals surface area (Å²) in [5.74, 6) is 0. The van der Waals surface area contributed by atoms with Gasteiger partial charge >= 0.3 is 0 Å². The van der Waals surface area contributed by atoms with Gasteiger partial charge in [0.15, 0.2) is 0 Å². The molecule has 2 unspecified atom stereocenters.